The zero-order valence-electron chi connectivity index (χ0n) is 23.9. The summed E-state index contributed by atoms with van der Waals surface area (Å²) in [6, 6.07) is 16.6. The number of nitriles is 2. The third-order valence-electron chi connectivity index (χ3n) is 8.56. The summed E-state index contributed by atoms with van der Waals surface area (Å²) in [5.41, 5.74) is 3.54. The molecule has 0 aliphatic carbocycles. The summed E-state index contributed by atoms with van der Waals surface area (Å²) < 4.78 is 7.48. The van der Waals surface area contributed by atoms with E-state index in [0.29, 0.717) is 48.0 Å². The highest BCUT2D eigenvalue weighted by atomic mass is 35.5. The van der Waals surface area contributed by atoms with E-state index >= 15 is 0 Å². The van der Waals surface area contributed by atoms with E-state index in [0.717, 1.165) is 46.0 Å². The van der Waals surface area contributed by atoms with Crippen molar-refractivity contribution in [2.45, 2.75) is 31.3 Å². The van der Waals surface area contributed by atoms with E-state index in [9.17, 15) is 15.3 Å². The topological polar surface area (TPSA) is 96.5 Å². The van der Waals surface area contributed by atoms with Crippen LogP contribution >= 0.6 is 22.9 Å². The van der Waals surface area contributed by atoms with Crippen LogP contribution in [-0.4, -0.2) is 72.6 Å². The number of benzene rings is 2. The SMILES string of the molecule is C=CC(=O)N1CCN(c2c(C#N)c(OC[C@@H]3CCCN3C)nc3cc(-c4cccc5ccsc45)c(Cl)cc23)C[C@@H]1CC#N. The normalized spacial score (nSPS) is 19.0. The summed E-state index contributed by atoms with van der Waals surface area (Å²) >= 11 is 8.67. The van der Waals surface area contributed by atoms with Crippen molar-refractivity contribution >= 4 is 55.5 Å². The van der Waals surface area contributed by atoms with Gasteiger partial charge in [-0.15, -0.1) is 11.3 Å². The van der Waals surface area contributed by atoms with Crippen LogP contribution in [0.5, 0.6) is 5.88 Å². The molecule has 1 amide bonds. The maximum Gasteiger partial charge on any atom is 0.246 e. The zero-order valence-corrected chi connectivity index (χ0v) is 25.5. The number of pyridine rings is 1. The lowest BCUT2D eigenvalue weighted by Crippen LogP contribution is -2.55. The summed E-state index contributed by atoms with van der Waals surface area (Å²) in [6.45, 7) is 6.30. The second-order valence-corrected chi connectivity index (χ2v) is 12.4. The number of nitrogens with zero attached hydrogens (tertiary/aromatic N) is 6. The molecule has 8 nitrogen and oxygen atoms in total. The van der Waals surface area contributed by atoms with E-state index in [4.69, 9.17) is 21.3 Å². The van der Waals surface area contributed by atoms with Gasteiger partial charge in [0.25, 0.3) is 0 Å². The van der Waals surface area contributed by atoms with Crippen LogP contribution in [0.2, 0.25) is 5.02 Å². The van der Waals surface area contributed by atoms with Crippen molar-refractivity contribution in [1.82, 2.24) is 14.8 Å². The highest BCUT2D eigenvalue weighted by Gasteiger charge is 2.33. The number of thiophene rings is 1. The minimum absolute atomic E-state index is 0.161. The van der Waals surface area contributed by atoms with E-state index in [-0.39, 0.29) is 30.3 Å². The second kappa shape index (κ2) is 12.2. The first-order chi connectivity index (χ1) is 20.9. The van der Waals surface area contributed by atoms with Gasteiger partial charge in [0.15, 0.2) is 0 Å². The second-order valence-electron chi connectivity index (χ2n) is 11.0. The van der Waals surface area contributed by atoms with Gasteiger partial charge >= 0.3 is 0 Å². The molecule has 10 heteroatoms. The predicted octanol–water partition coefficient (Wildman–Crippen LogP) is 6.23. The number of carbonyl (C=O) groups is 1. The number of likely N-dealkylation sites (tertiary alicyclic amines) is 1. The Hall–Kier alpha value is -4.15. The van der Waals surface area contributed by atoms with Gasteiger partial charge in [-0.1, -0.05) is 36.4 Å². The van der Waals surface area contributed by atoms with Gasteiger partial charge in [0.2, 0.25) is 11.8 Å². The average molecular weight is 611 g/mol. The molecule has 0 bridgehead atoms. The lowest BCUT2D eigenvalue weighted by Gasteiger charge is -2.42. The van der Waals surface area contributed by atoms with E-state index in [1.165, 1.54) is 6.08 Å². The number of aromatic nitrogens is 1. The fourth-order valence-corrected chi connectivity index (χ4v) is 7.49. The number of rotatable bonds is 7. The number of ether oxygens (including phenoxy) is 1. The molecule has 0 spiro atoms. The Kier molecular flexibility index (Phi) is 8.23. The van der Waals surface area contributed by atoms with Gasteiger partial charge in [0.1, 0.15) is 18.2 Å². The highest BCUT2D eigenvalue weighted by molar-refractivity contribution is 7.17. The first-order valence-corrected chi connectivity index (χ1v) is 15.6. The number of hydrogen-bond acceptors (Lipinski definition) is 8. The van der Waals surface area contributed by atoms with Crippen molar-refractivity contribution in [1.29, 1.82) is 10.5 Å². The molecule has 0 unspecified atom stereocenters. The van der Waals surface area contributed by atoms with Crippen LogP contribution in [0.1, 0.15) is 24.8 Å². The van der Waals surface area contributed by atoms with Gasteiger partial charge in [-0.25, -0.2) is 4.98 Å². The van der Waals surface area contributed by atoms with Gasteiger partial charge < -0.3 is 19.4 Å². The summed E-state index contributed by atoms with van der Waals surface area (Å²) in [5, 5.41) is 24.6. The molecule has 0 N–H and O–H groups in total. The maximum absolute atomic E-state index is 12.6. The molecule has 2 aromatic heterocycles. The van der Waals surface area contributed by atoms with Crippen molar-refractivity contribution in [2.75, 3.05) is 44.7 Å². The first-order valence-electron chi connectivity index (χ1n) is 14.4. The summed E-state index contributed by atoms with van der Waals surface area (Å²) in [6.07, 6.45) is 3.58. The lowest BCUT2D eigenvalue weighted by atomic mass is 9.99. The van der Waals surface area contributed by atoms with E-state index in [1.54, 1.807) is 16.2 Å². The van der Waals surface area contributed by atoms with Crippen LogP contribution in [-0.2, 0) is 4.79 Å². The van der Waals surface area contributed by atoms with Crippen molar-refractivity contribution in [3.63, 3.8) is 0 Å². The number of likely N-dealkylation sites (N-methyl/N-ethyl adjacent to an activating group) is 1. The number of fused-ring (bicyclic) bond motifs is 2. The number of hydrogen-bond donors (Lipinski definition) is 0. The number of piperazine rings is 1. The van der Waals surface area contributed by atoms with Crippen LogP contribution in [0, 0.1) is 22.7 Å². The van der Waals surface area contributed by atoms with E-state index < -0.39 is 0 Å². The van der Waals surface area contributed by atoms with Crippen molar-refractivity contribution in [3.8, 4) is 29.1 Å². The fourth-order valence-electron chi connectivity index (χ4n) is 6.30. The van der Waals surface area contributed by atoms with E-state index in [2.05, 4.69) is 59.1 Å². The lowest BCUT2D eigenvalue weighted by molar-refractivity contribution is -0.128. The summed E-state index contributed by atoms with van der Waals surface area (Å²) in [5.74, 6) is 0.0782. The van der Waals surface area contributed by atoms with Gasteiger partial charge in [0, 0.05) is 51.9 Å². The fraction of sp³-hybridized carbons (Fsp3) is 0.333. The quantitative estimate of drug-likeness (QED) is 0.229. The Labute approximate surface area is 259 Å². The smallest absolute Gasteiger partial charge is 0.246 e. The molecule has 2 atom stereocenters. The standard InChI is InChI=1S/C33H31ClN6O2S/c1-3-30(41)40-14-13-39(19-22(40)9-11-35)31-26-16-28(34)25(24-8-4-6-21-10-15-43-32(21)24)17-29(26)37-33(27(31)18-36)42-20-23-7-5-12-38(23)2/h3-4,6,8,10,15-17,22-23H,1,5,7,9,12-14,19-20H2,2H3/t22-,23-/m0/s1. The van der Waals surface area contributed by atoms with Crippen molar-refractivity contribution in [2.24, 2.45) is 0 Å². The molecule has 0 radical (unpaired) electrons. The van der Waals surface area contributed by atoms with Gasteiger partial charge in [-0.3, -0.25) is 4.79 Å². The maximum atomic E-state index is 12.6. The molecule has 4 aromatic rings. The molecule has 43 heavy (non-hydrogen) atoms. The highest BCUT2D eigenvalue weighted by Crippen LogP contribution is 2.43. The molecule has 6 rings (SSSR count). The largest absolute Gasteiger partial charge is 0.475 e. The van der Waals surface area contributed by atoms with Gasteiger partial charge in [0.05, 0.1) is 29.7 Å². The number of carbonyl (C=O) groups excluding carboxylic acids is 1. The Morgan fingerprint density at radius 1 is 1.21 bits per heavy atom. The van der Waals surface area contributed by atoms with Crippen LogP contribution in [0.25, 0.3) is 32.1 Å². The molecule has 2 fully saturated rings. The van der Waals surface area contributed by atoms with Crippen molar-refractivity contribution in [3.05, 3.63) is 65.0 Å². The van der Waals surface area contributed by atoms with Crippen LogP contribution < -0.4 is 9.64 Å². The van der Waals surface area contributed by atoms with E-state index in [1.807, 2.05) is 18.2 Å². The molecular formula is C33H31ClN6O2S. The minimum atomic E-state index is -0.360. The Balaban J connectivity index is 1.50. The van der Waals surface area contributed by atoms with Crippen molar-refractivity contribution < 1.29 is 9.53 Å². The zero-order chi connectivity index (χ0) is 30.1. The minimum Gasteiger partial charge on any atom is -0.475 e. The third-order valence-corrected chi connectivity index (χ3v) is 9.84. The number of amides is 1. The molecule has 2 aromatic carbocycles. The molecule has 218 valence electrons. The van der Waals surface area contributed by atoms with Crippen LogP contribution in [0.15, 0.2) is 54.4 Å². The summed E-state index contributed by atoms with van der Waals surface area (Å²) in [4.78, 5) is 23.5. The molecular weight excluding hydrogens is 580 g/mol. The summed E-state index contributed by atoms with van der Waals surface area (Å²) in [7, 11) is 2.09. The van der Waals surface area contributed by atoms with Crippen LogP contribution in [0.3, 0.4) is 0 Å². The Bertz CT molecular complexity index is 1810. The van der Waals surface area contributed by atoms with Gasteiger partial charge in [-0.2, -0.15) is 10.5 Å². The molecule has 0 saturated carbocycles. The Morgan fingerprint density at radius 2 is 2.07 bits per heavy atom. The Morgan fingerprint density at radius 3 is 2.81 bits per heavy atom. The molecule has 2 aliphatic rings. The van der Waals surface area contributed by atoms with Crippen LogP contribution in [0.4, 0.5) is 5.69 Å². The molecule has 4 heterocycles. The predicted molar refractivity (Wildman–Crippen MR) is 172 cm³/mol. The average Bonchev–Trinajstić information content (AvgIpc) is 3.67. The number of anilines is 1. The monoisotopic (exact) mass is 610 g/mol. The molecule has 2 aliphatic heterocycles. The number of halogens is 1. The third kappa shape index (κ3) is 5.41. The first kappa shape index (κ1) is 28.9. The van der Waals surface area contributed by atoms with Gasteiger partial charge in [-0.05, 0) is 61.5 Å². The molecule has 2 saturated heterocycles.